The van der Waals surface area contributed by atoms with Crippen molar-refractivity contribution in [2.75, 3.05) is 0 Å². The summed E-state index contributed by atoms with van der Waals surface area (Å²) in [6, 6.07) is 16.8. The van der Waals surface area contributed by atoms with Gasteiger partial charge in [-0.15, -0.1) is 0 Å². The Morgan fingerprint density at radius 1 is 1.09 bits per heavy atom. The number of nitriles is 1. The molecule has 0 aliphatic rings. The van der Waals surface area contributed by atoms with E-state index in [2.05, 4.69) is 5.32 Å². The maximum Gasteiger partial charge on any atom is 0.326 e. The number of nitrogens with one attached hydrogen (secondary N) is 1. The predicted octanol–water partition coefficient (Wildman–Crippen LogP) is 1.91. The lowest BCUT2D eigenvalue weighted by atomic mass is 10.0. The Morgan fingerprint density at radius 3 is 2.43 bits per heavy atom. The first kappa shape index (κ1) is 16.2. The van der Waals surface area contributed by atoms with Crippen molar-refractivity contribution in [1.29, 1.82) is 5.26 Å². The monoisotopic (exact) mass is 308 g/mol. The number of aliphatic carboxylic acids is 1. The van der Waals surface area contributed by atoms with Crippen LogP contribution in [0.25, 0.3) is 0 Å². The van der Waals surface area contributed by atoms with Gasteiger partial charge in [-0.3, -0.25) is 4.79 Å². The lowest BCUT2D eigenvalue weighted by Crippen LogP contribution is -2.43. The molecule has 116 valence electrons. The average molecular weight is 308 g/mol. The minimum atomic E-state index is -1.10. The summed E-state index contributed by atoms with van der Waals surface area (Å²) in [7, 11) is 0. The van der Waals surface area contributed by atoms with Gasteiger partial charge in [0.05, 0.1) is 18.1 Å². The molecule has 1 atom stereocenters. The molecule has 0 bridgehead atoms. The molecule has 0 heterocycles. The van der Waals surface area contributed by atoms with Gasteiger partial charge >= 0.3 is 5.97 Å². The number of hydrogen-bond acceptors (Lipinski definition) is 3. The fourth-order valence-corrected chi connectivity index (χ4v) is 2.23. The Hall–Kier alpha value is -3.13. The predicted molar refractivity (Wildman–Crippen MR) is 84.6 cm³/mol. The molecular formula is C18H16N2O3. The first-order chi connectivity index (χ1) is 11.1. The molecule has 2 aromatic carbocycles. The van der Waals surface area contributed by atoms with E-state index in [1.807, 2.05) is 36.4 Å². The minimum absolute atomic E-state index is 0.128. The molecule has 5 nitrogen and oxygen atoms in total. The Balaban J connectivity index is 2.02. The van der Waals surface area contributed by atoms with Crippen LogP contribution in [-0.2, 0) is 22.4 Å². The van der Waals surface area contributed by atoms with Crippen LogP contribution >= 0.6 is 0 Å². The van der Waals surface area contributed by atoms with Crippen molar-refractivity contribution < 1.29 is 14.7 Å². The number of benzene rings is 2. The van der Waals surface area contributed by atoms with Gasteiger partial charge < -0.3 is 10.4 Å². The van der Waals surface area contributed by atoms with Crippen LogP contribution in [0.4, 0.5) is 0 Å². The van der Waals surface area contributed by atoms with Crippen molar-refractivity contribution in [2.45, 2.75) is 18.9 Å². The van der Waals surface area contributed by atoms with Gasteiger partial charge in [-0.2, -0.15) is 5.26 Å². The summed E-state index contributed by atoms with van der Waals surface area (Å²) in [6.07, 6.45) is 0.258. The van der Waals surface area contributed by atoms with E-state index in [4.69, 9.17) is 5.26 Å². The minimum Gasteiger partial charge on any atom is -0.480 e. The molecule has 23 heavy (non-hydrogen) atoms. The van der Waals surface area contributed by atoms with E-state index >= 15 is 0 Å². The van der Waals surface area contributed by atoms with Crippen LogP contribution in [0.3, 0.4) is 0 Å². The lowest BCUT2D eigenvalue weighted by Gasteiger charge is -2.15. The molecular weight excluding hydrogens is 292 g/mol. The summed E-state index contributed by atoms with van der Waals surface area (Å²) in [5.41, 5.74) is 1.97. The normalized spacial score (nSPS) is 11.3. The van der Waals surface area contributed by atoms with Gasteiger partial charge in [0, 0.05) is 6.42 Å². The second-order valence-corrected chi connectivity index (χ2v) is 5.14. The van der Waals surface area contributed by atoms with Crippen LogP contribution in [0.1, 0.15) is 16.7 Å². The summed E-state index contributed by atoms with van der Waals surface area (Å²) in [4.78, 5) is 23.4. The fraction of sp³-hybridized carbons (Fsp3) is 0.167. The number of carboxylic acids is 1. The highest BCUT2D eigenvalue weighted by atomic mass is 16.4. The third kappa shape index (κ3) is 4.97. The summed E-state index contributed by atoms with van der Waals surface area (Å²) in [5.74, 6) is -1.45. The number of carbonyl (C=O) groups is 2. The Labute approximate surface area is 134 Å². The second kappa shape index (κ2) is 7.76. The molecule has 2 aromatic rings. The third-order valence-corrected chi connectivity index (χ3v) is 3.34. The van der Waals surface area contributed by atoms with E-state index in [1.54, 1.807) is 24.3 Å². The summed E-state index contributed by atoms with van der Waals surface area (Å²) >= 11 is 0. The van der Waals surface area contributed by atoms with Crippen molar-refractivity contribution in [3.63, 3.8) is 0 Å². The van der Waals surface area contributed by atoms with E-state index in [9.17, 15) is 14.7 Å². The molecule has 2 N–H and O–H groups in total. The summed E-state index contributed by atoms with van der Waals surface area (Å²) in [6.45, 7) is 0. The first-order valence-corrected chi connectivity index (χ1v) is 7.13. The third-order valence-electron chi connectivity index (χ3n) is 3.34. The molecule has 0 fully saturated rings. The highest BCUT2D eigenvalue weighted by Crippen LogP contribution is 2.08. The molecule has 5 heteroatoms. The highest BCUT2D eigenvalue weighted by molar-refractivity contribution is 5.85. The summed E-state index contributed by atoms with van der Waals surface area (Å²) < 4.78 is 0. The molecule has 0 radical (unpaired) electrons. The van der Waals surface area contributed by atoms with Gasteiger partial charge in [0.25, 0.3) is 0 Å². The molecule has 0 spiro atoms. The van der Waals surface area contributed by atoms with Gasteiger partial charge in [-0.05, 0) is 23.3 Å². The Bertz CT molecular complexity index is 735. The van der Waals surface area contributed by atoms with Crippen LogP contribution in [-0.4, -0.2) is 23.0 Å². The molecule has 0 aromatic heterocycles. The van der Waals surface area contributed by atoms with Crippen molar-refractivity contribution >= 4 is 11.9 Å². The maximum atomic E-state index is 12.0. The van der Waals surface area contributed by atoms with Crippen LogP contribution in [0.15, 0.2) is 54.6 Å². The lowest BCUT2D eigenvalue weighted by molar-refractivity contribution is -0.141. The molecule has 0 aliphatic heterocycles. The zero-order valence-electron chi connectivity index (χ0n) is 12.4. The largest absolute Gasteiger partial charge is 0.480 e. The van der Waals surface area contributed by atoms with E-state index < -0.39 is 12.0 Å². The van der Waals surface area contributed by atoms with E-state index in [1.165, 1.54) is 0 Å². The first-order valence-electron chi connectivity index (χ1n) is 7.13. The number of carboxylic acid groups (broad SMARTS) is 1. The number of nitrogens with zero attached hydrogens (tertiary/aromatic N) is 1. The molecule has 0 unspecified atom stereocenters. The summed E-state index contributed by atoms with van der Waals surface area (Å²) in [5, 5.41) is 20.7. The number of carbonyl (C=O) groups excluding carboxylic acids is 1. The molecule has 0 saturated carbocycles. The topological polar surface area (TPSA) is 90.2 Å². The maximum absolute atomic E-state index is 12.0. The highest BCUT2D eigenvalue weighted by Gasteiger charge is 2.20. The van der Waals surface area contributed by atoms with Crippen LogP contribution in [0.2, 0.25) is 0 Å². The van der Waals surface area contributed by atoms with Gasteiger partial charge in [-0.25, -0.2) is 4.79 Å². The Kier molecular flexibility index (Phi) is 5.48. The number of hydrogen-bond donors (Lipinski definition) is 2. The zero-order chi connectivity index (χ0) is 16.7. The number of amides is 1. The number of rotatable bonds is 6. The zero-order valence-corrected chi connectivity index (χ0v) is 12.4. The Morgan fingerprint density at radius 2 is 1.78 bits per heavy atom. The molecule has 0 aliphatic carbocycles. The fourth-order valence-electron chi connectivity index (χ4n) is 2.23. The van der Waals surface area contributed by atoms with Gasteiger partial charge in [0.1, 0.15) is 6.04 Å². The van der Waals surface area contributed by atoms with E-state index in [0.717, 1.165) is 5.56 Å². The van der Waals surface area contributed by atoms with Gasteiger partial charge in [0.2, 0.25) is 5.91 Å². The average Bonchev–Trinajstić information content (AvgIpc) is 2.55. The van der Waals surface area contributed by atoms with Crippen molar-refractivity contribution in [3.8, 4) is 6.07 Å². The van der Waals surface area contributed by atoms with Gasteiger partial charge in [0.15, 0.2) is 0 Å². The van der Waals surface area contributed by atoms with Crippen LogP contribution < -0.4 is 5.32 Å². The van der Waals surface area contributed by atoms with Crippen molar-refractivity contribution in [3.05, 3.63) is 71.3 Å². The van der Waals surface area contributed by atoms with E-state index in [-0.39, 0.29) is 18.7 Å². The van der Waals surface area contributed by atoms with Crippen LogP contribution in [0.5, 0.6) is 0 Å². The SMILES string of the molecule is N#Cc1cccc(C[C@H](NC(=O)Cc2ccccc2)C(=O)O)c1. The second-order valence-electron chi connectivity index (χ2n) is 5.14. The molecule has 1 amide bonds. The smallest absolute Gasteiger partial charge is 0.326 e. The van der Waals surface area contributed by atoms with Crippen LogP contribution in [0, 0.1) is 11.3 Å². The van der Waals surface area contributed by atoms with Gasteiger partial charge in [-0.1, -0.05) is 42.5 Å². The molecule has 0 saturated heterocycles. The van der Waals surface area contributed by atoms with Crippen molar-refractivity contribution in [2.24, 2.45) is 0 Å². The van der Waals surface area contributed by atoms with Crippen molar-refractivity contribution in [1.82, 2.24) is 5.32 Å². The quantitative estimate of drug-likeness (QED) is 0.853. The van der Waals surface area contributed by atoms with E-state index in [0.29, 0.717) is 11.1 Å². The standard InChI is InChI=1S/C18H16N2O3/c19-12-15-8-4-7-14(9-15)10-16(18(22)23)20-17(21)11-13-5-2-1-3-6-13/h1-9,16H,10-11H2,(H,20,21)(H,22,23)/t16-/m0/s1. The molecule has 2 rings (SSSR count).